The van der Waals surface area contributed by atoms with E-state index in [1.807, 2.05) is 13.0 Å². The van der Waals surface area contributed by atoms with E-state index >= 15 is 0 Å². The Morgan fingerprint density at radius 3 is 2.89 bits per heavy atom. The Hall–Kier alpha value is -3.22. The maximum Gasteiger partial charge on any atom is 0.255 e. The SMILES string of the molecule is Cc1ccc(F)cc1Nc1c2c(nc3nc(-c4ccco4)nn13)CCCC2. The number of anilines is 2. The molecule has 0 saturated heterocycles. The Kier molecular flexibility index (Phi) is 3.67. The van der Waals surface area contributed by atoms with Gasteiger partial charge in [0.05, 0.1) is 12.0 Å². The maximum absolute atomic E-state index is 13.8. The van der Waals surface area contributed by atoms with E-state index < -0.39 is 0 Å². The third kappa shape index (κ3) is 2.75. The van der Waals surface area contributed by atoms with Crippen molar-refractivity contribution in [3.05, 3.63) is 59.2 Å². The monoisotopic (exact) mass is 363 g/mol. The number of benzene rings is 1. The molecule has 0 bridgehead atoms. The second-order valence-electron chi connectivity index (χ2n) is 6.80. The molecule has 0 unspecified atom stereocenters. The molecule has 3 heterocycles. The van der Waals surface area contributed by atoms with Gasteiger partial charge in [0, 0.05) is 11.3 Å². The van der Waals surface area contributed by atoms with E-state index in [2.05, 4.69) is 15.4 Å². The Bertz CT molecular complexity index is 1130. The van der Waals surface area contributed by atoms with Gasteiger partial charge in [0.25, 0.3) is 5.78 Å². The van der Waals surface area contributed by atoms with Crippen molar-refractivity contribution in [3.63, 3.8) is 0 Å². The third-order valence-electron chi connectivity index (χ3n) is 4.96. The van der Waals surface area contributed by atoms with Gasteiger partial charge in [0.1, 0.15) is 11.6 Å². The summed E-state index contributed by atoms with van der Waals surface area (Å²) in [6.07, 6.45) is 5.61. The Balaban J connectivity index is 1.71. The zero-order valence-corrected chi connectivity index (χ0v) is 14.9. The number of aryl methyl sites for hydroxylation is 2. The van der Waals surface area contributed by atoms with E-state index in [4.69, 9.17) is 9.40 Å². The van der Waals surface area contributed by atoms with Gasteiger partial charge in [0.2, 0.25) is 5.82 Å². The van der Waals surface area contributed by atoms with Crippen LogP contribution in [0.25, 0.3) is 17.4 Å². The molecular weight excluding hydrogens is 345 g/mol. The number of aromatic nitrogens is 4. The molecule has 0 radical (unpaired) electrons. The van der Waals surface area contributed by atoms with E-state index in [9.17, 15) is 4.39 Å². The molecule has 0 spiro atoms. The van der Waals surface area contributed by atoms with E-state index in [0.717, 1.165) is 48.3 Å². The molecule has 0 saturated carbocycles. The number of fused-ring (bicyclic) bond motifs is 2. The summed E-state index contributed by atoms with van der Waals surface area (Å²) in [7, 11) is 0. The van der Waals surface area contributed by atoms with Gasteiger partial charge in [-0.3, -0.25) is 0 Å². The molecule has 0 atom stereocenters. The fourth-order valence-electron chi connectivity index (χ4n) is 3.54. The topological polar surface area (TPSA) is 68.2 Å². The molecule has 1 aromatic carbocycles. The first-order valence-corrected chi connectivity index (χ1v) is 9.04. The molecule has 136 valence electrons. The number of halogens is 1. The van der Waals surface area contributed by atoms with Crippen molar-refractivity contribution >= 4 is 17.3 Å². The van der Waals surface area contributed by atoms with Crippen molar-refractivity contribution in [1.82, 2.24) is 19.6 Å². The van der Waals surface area contributed by atoms with E-state index in [1.54, 1.807) is 22.9 Å². The first kappa shape index (κ1) is 16.0. The largest absolute Gasteiger partial charge is 0.461 e. The number of nitrogens with zero attached hydrogens (tertiary/aromatic N) is 4. The van der Waals surface area contributed by atoms with Crippen molar-refractivity contribution in [3.8, 4) is 11.6 Å². The minimum atomic E-state index is -0.280. The lowest BCUT2D eigenvalue weighted by atomic mass is 9.96. The van der Waals surface area contributed by atoms with Crippen molar-refractivity contribution in [1.29, 1.82) is 0 Å². The predicted molar refractivity (Wildman–Crippen MR) is 99.5 cm³/mol. The van der Waals surface area contributed by atoms with Crippen LogP contribution in [0.15, 0.2) is 41.0 Å². The van der Waals surface area contributed by atoms with Crippen LogP contribution in [0, 0.1) is 12.7 Å². The van der Waals surface area contributed by atoms with Crippen LogP contribution < -0.4 is 5.32 Å². The highest BCUT2D eigenvalue weighted by atomic mass is 19.1. The van der Waals surface area contributed by atoms with Crippen LogP contribution in [0.3, 0.4) is 0 Å². The zero-order chi connectivity index (χ0) is 18.4. The molecular formula is C20H18FN5O. The van der Waals surface area contributed by atoms with Crippen LogP contribution in [0.5, 0.6) is 0 Å². The van der Waals surface area contributed by atoms with Gasteiger partial charge >= 0.3 is 0 Å². The molecule has 3 aromatic heterocycles. The molecule has 1 aliphatic rings. The predicted octanol–water partition coefficient (Wildman–Crippen LogP) is 4.45. The first-order chi connectivity index (χ1) is 13.2. The summed E-state index contributed by atoms with van der Waals surface area (Å²) in [6.45, 7) is 1.95. The molecule has 7 heteroatoms. The lowest BCUT2D eigenvalue weighted by Gasteiger charge is -2.20. The van der Waals surface area contributed by atoms with Crippen LogP contribution in [0.2, 0.25) is 0 Å². The molecule has 1 aliphatic carbocycles. The average molecular weight is 363 g/mol. The molecule has 0 fully saturated rings. The molecule has 6 nitrogen and oxygen atoms in total. The second-order valence-corrected chi connectivity index (χ2v) is 6.80. The minimum Gasteiger partial charge on any atom is -0.461 e. The summed E-state index contributed by atoms with van der Waals surface area (Å²) in [4.78, 5) is 9.26. The fraction of sp³-hybridized carbons (Fsp3) is 0.250. The first-order valence-electron chi connectivity index (χ1n) is 9.04. The smallest absolute Gasteiger partial charge is 0.255 e. The minimum absolute atomic E-state index is 0.280. The third-order valence-corrected chi connectivity index (χ3v) is 4.96. The number of rotatable bonds is 3. The van der Waals surface area contributed by atoms with Crippen molar-refractivity contribution < 1.29 is 8.81 Å². The summed E-state index contributed by atoms with van der Waals surface area (Å²) >= 11 is 0. The Labute approximate surface area is 155 Å². The normalized spacial score (nSPS) is 13.7. The van der Waals surface area contributed by atoms with Gasteiger partial charge in [0.15, 0.2) is 5.76 Å². The lowest BCUT2D eigenvalue weighted by molar-refractivity contribution is 0.577. The van der Waals surface area contributed by atoms with E-state index in [1.165, 1.54) is 12.1 Å². The van der Waals surface area contributed by atoms with Gasteiger partial charge in [-0.1, -0.05) is 6.07 Å². The lowest BCUT2D eigenvalue weighted by Crippen LogP contribution is -2.14. The fourth-order valence-corrected chi connectivity index (χ4v) is 3.54. The van der Waals surface area contributed by atoms with Crippen LogP contribution in [0.4, 0.5) is 15.9 Å². The van der Waals surface area contributed by atoms with Gasteiger partial charge in [-0.2, -0.15) is 9.50 Å². The van der Waals surface area contributed by atoms with Gasteiger partial charge < -0.3 is 9.73 Å². The highest BCUT2D eigenvalue weighted by Gasteiger charge is 2.22. The number of hydrogen-bond donors (Lipinski definition) is 1. The molecule has 0 aliphatic heterocycles. The van der Waals surface area contributed by atoms with Gasteiger partial charge in [-0.15, -0.1) is 5.10 Å². The number of hydrogen-bond acceptors (Lipinski definition) is 5. The number of furan rings is 1. The summed E-state index contributed by atoms with van der Waals surface area (Å²) in [6, 6.07) is 8.34. The summed E-state index contributed by atoms with van der Waals surface area (Å²) in [5, 5.41) is 8.00. The highest BCUT2D eigenvalue weighted by Crippen LogP contribution is 2.31. The molecule has 0 amide bonds. The average Bonchev–Trinajstić information content (AvgIpc) is 3.33. The molecule has 4 aromatic rings. The highest BCUT2D eigenvalue weighted by molar-refractivity contribution is 5.66. The Morgan fingerprint density at radius 2 is 2.04 bits per heavy atom. The van der Waals surface area contributed by atoms with Gasteiger partial charge in [-0.25, -0.2) is 9.37 Å². The summed E-state index contributed by atoms with van der Waals surface area (Å²) in [5.41, 5.74) is 3.82. The van der Waals surface area contributed by atoms with Crippen LogP contribution in [-0.4, -0.2) is 19.6 Å². The van der Waals surface area contributed by atoms with Crippen molar-refractivity contribution in [2.24, 2.45) is 0 Å². The second kappa shape index (κ2) is 6.19. The van der Waals surface area contributed by atoms with Crippen LogP contribution >= 0.6 is 0 Å². The summed E-state index contributed by atoms with van der Waals surface area (Å²) in [5.74, 6) is 2.10. The van der Waals surface area contributed by atoms with E-state index in [-0.39, 0.29) is 5.82 Å². The van der Waals surface area contributed by atoms with Crippen molar-refractivity contribution in [2.45, 2.75) is 32.6 Å². The van der Waals surface area contributed by atoms with E-state index in [0.29, 0.717) is 23.0 Å². The number of nitrogens with one attached hydrogen (secondary N) is 1. The summed E-state index contributed by atoms with van der Waals surface area (Å²) < 4.78 is 20.9. The zero-order valence-electron chi connectivity index (χ0n) is 14.9. The van der Waals surface area contributed by atoms with Gasteiger partial charge in [-0.05, 0) is 62.4 Å². The molecule has 27 heavy (non-hydrogen) atoms. The van der Waals surface area contributed by atoms with Crippen LogP contribution in [-0.2, 0) is 12.8 Å². The van der Waals surface area contributed by atoms with Crippen molar-refractivity contribution in [2.75, 3.05) is 5.32 Å². The standard InChI is InChI=1S/C20H18FN5O/c1-12-8-9-13(21)11-16(12)22-19-14-5-2-3-6-15(14)23-20-24-18(25-26(19)20)17-7-4-10-27-17/h4,7-11,22H,2-3,5-6H2,1H3. The van der Waals surface area contributed by atoms with Crippen LogP contribution in [0.1, 0.15) is 29.7 Å². The molecule has 5 rings (SSSR count). The Morgan fingerprint density at radius 1 is 1.15 bits per heavy atom. The quantitative estimate of drug-likeness (QED) is 0.582. The molecule has 1 N–H and O–H groups in total. The maximum atomic E-state index is 13.8.